The zero-order chi connectivity index (χ0) is 52.7. The van der Waals surface area contributed by atoms with E-state index < -0.39 is 0 Å². The van der Waals surface area contributed by atoms with Gasteiger partial charge in [-0.25, -0.2) is 0 Å². The molecule has 0 N–H and O–H groups in total. The van der Waals surface area contributed by atoms with Crippen molar-refractivity contribution < 1.29 is 0 Å². The predicted molar refractivity (Wildman–Crippen MR) is 342 cm³/mol. The molecule has 0 atom stereocenters. The average molecular weight is 1010 g/mol. The lowest BCUT2D eigenvalue weighted by molar-refractivity contribution is 1.59. The maximum absolute atomic E-state index is 2.57. The molecule has 0 aromatic heterocycles. The van der Waals surface area contributed by atoms with E-state index in [2.05, 4.69) is 303 Å². The third-order valence-corrected chi connectivity index (χ3v) is 17.0. The van der Waals surface area contributed by atoms with E-state index in [-0.39, 0.29) is 0 Å². The van der Waals surface area contributed by atoms with E-state index in [9.17, 15) is 0 Å². The Bertz CT molecular complexity index is 4180. The summed E-state index contributed by atoms with van der Waals surface area (Å²) in [4.78, 5) is 0. The van der Waals surface area contributed by atoms with Gasteiger partial charge in [-0.05, 0) is 195 Å². The Balaban J connectivity index is 1.16. The molecule has 16 aromatic rings. The average Bonchev–Trinajstić information content (AvgIpc) is 2.87. The van der Waals surface area contributed by atoms with Crippen LogP contribution in [0, 0.1) is 0 Å². The molecule has 16 rings (SSSR count). The molecule has 0 saturated carbocycles. The maximum atomic E-state index is 2.57. The Kier molecular flexibility index (Phi) is 10.7. The Morgan fingerprint density at radius 1 is 0.113 bits per heavy atom. The molecular formula is C80H50. The molecule has 0 fully saturated rings. The Labute approximate surface area is 465 Å². The fraction of sp³-hybridized carbons (Fsp3) is 0. The van der Waals surface area contributed by atoms with Gasteiger partial charge >= 0.3 is 0 Å². The molecular weight excluding hydrogens is 961 g/mol. The Morgan fingerprint density at radius 3 is 0.412 bits per heavy atom. The molecule has 0 heterocycles. The van der Waals surface area contributed by atoms with Crippen LogP contribution in [0.15, 0.2) is 303 Å². The van der Waals surface area contributed by atoms with Crippen molar-refractivity contribution in [2.75, 3.05) is 0 Å². The lowest BCUT2D eigenvalue weighted by Gasteiger charge is -2.20. The van der Waals surface area contributed by atoms with Crippen molar-refractivity contribution in [1.82, 2.24) is 0 Å². The molecule has 0 unspecified atom stereocenters. The lowest BCUT2D eigenvalue weighted by atomic mass is 9.82. The largest absolute Gasteiger partial charge is 0.0622 e. The molecule has 0 saturated heterocycles. The highest BCUT2D eigenvalue weighted by molar-refractivity contribution is 6.49. The van der Waals surface area contributed by atoms with Crippen molar-refractivity contribution in [3.8, 4) is 111 Å². The van der Waals surface area contributed by atoms with Crippen molar-refractivity contribution in [2.24, 2.45) is 0 Å². The zero-order valence-electron chi connectivity index (χ0n) is 43.9. The van der Waals surface area contributed by atoms with E-state index in [1.165, 1.54) is 165 Å². The summed E-state index contributed by atoms with van der Waals surface area (Å²) >= 11 is 0. The third-order valence-electron chi connectivity index (χ3n) is 17.0. The van der Waals surface area contributed by atoms with E-state index in [4.69, 9.17) is 0 Å². The molecule has 0 heteroatoms. The second-order valence-corrected chi connectivity index (χ2v) is 21.3. The van der Waals surface area contributed by atoms with Crippen molar-refractivity contribution in [2.45, 2.75) is 0 Å². The van der Waals surface area contributed by atoms with Crippen LogP contribution in [0.25, 0.3) is 165 Å². The molecule has 0 spiro atoms. The SMILES string of the molecule is c1ccc(-c2ccccc2-c2cc3c(-c4ccccc4-c4ccccc4)cc4c(-c5ccccc5-c5ccccc5)cc5c(-c6ccccc6-c6ccccc6)cc6c(-c7ccccc7-c7ccccc7)cc2c2c6c5c4c32)cc1. The number of rotatable bonds is 10. The standard InChI is InChI=1S/C80H50/c1-6-26-51(27-7-1)56-36-16-21-41-61(56)66-46-72-68(63-43-23-18-38-58(63)53-30-10-3-11-31-53)48-74-70(65-45-25-20-40-60(65)55-34-14-5-15-35-55)50-75-69(64-44-24-19-39-59(64)54-32-12-4-13-33-54)49-73-67(47-71(66)76-77(72)79(74)80(75)78(73)76)62-42-22-17-37-57(62)52-28-8-2-9-29-52/h1-50H. The van der Waals surface area contributed by atoms with Crippen molar-refractivity contribution in [1.29, 1.82) is 0 Å². The third kappa shape index (κ3) is 7.16. The van der Waals surface area contributed by atoms with Gasteiger partial charge in [0, 0.05) is 0 Å². The van der Waals surface area contributed by atoms with E-state index in [1.54, 1.807) is 0 Å². The summed E-state index contributed by atoms with van der Waals surface area (Å²) < 4.78 is 0. The highest BCUT2D eigenvalue weighted by Crippen LogP contribution is 2.59. The first-order valence-electron chi connectivity index (χ1n) is 27.8. The quantitative estimate of drug-likeness (QED) is 0.120. The van der Waals surface area contributed by atoms with E-state index in [1.807, 2.05) is 0 Å². The summed E-state index contributed by atoms with van der Waals surface area (Å²) in [5.41, 5.74) is 24.2. The number of benzene rings is 15. The van der Waals surface area contributed by atoms with Crippen LogP contribution in [0.5, 0.6) is 0 Å². The normalized spacial score (nSPS) is 11.8. The summed E-state index contributed by atoms with van der Waals surface area (Å²) in [6.45, 7) is 0. The van der Waals surface area contributed by atoms with Crippen LogP contribution in [0.1, 0.15) is 0 Å². The monoisotopic (exact) mass is 1010 g/mol. The molecule has 0 aliphatic rings. The molecule has 370 valence electrons. The van der Waals surface area contributed by atoms with Crippen molar-refractivity contribution in [3.63, 3.8) is 0 Å². The van der Waals surface area contributed by atoms with Gasteiger partial charge in [0.15, 0.2) is 0 Å². The highest BCUT2D eigenvalue weighted by Gasteiger charge is 2.31. The minimum atomic E-state index is 1.20. The number of hydrogen-bond acceptors (Lipinski definition) is 0. The molecule has 16 aromatic carbocycles. The van der Waals surface area contributed by atoms with Crippen LogP contribution >= 0.6 is 0 Å². The second-order valence-electron chi connectivity index (χ2n) is 21.3. The molecule has 0 aliphatic heterocycles. The highest BCUT2D eigenvalue weighted by atomic mass is 14.3. The zero-order valence-corrected chi connectivity index (χ0v) is 43.9. The number of hydrogen-bond donors (Lipinski definition) is 0. The van der Waals surface area contributed by atoms with Crippen LogP contribution in [0.2, 0.25) is 0 Å². The van der Waals surface area contributed by atoms with Crippen LogP contribution in [0.4, 0.5) is 0 Å². The van der Waals surface area contributed by atoms with Gasteiger partial charge < -0.3 is 0 Å². The van der Waals surface area contributed by atoms with Crippen molar-refractivity contribution in [3.05, 3.63) is 303 Å². The Hall–Kier alpha value is -10.4. The van der Waals surface area contributed by atoms with E-state index >= 15 is 0 Å². The van der Waals surface area contributed by atoms with Gasteiger partial charge in [0.1, 0.15) is 0 Å². The maximum Gasteiger partial charge on any atom is -0.000695 e. The van der Waals surface area contributed by atoms with Gasteiger partial charge in [-0.2, -0.15) is 0 Å². The minimum Gasteiger partial charge on any atom is -0.0622 e. The van der Waals surface area contributed by atoms with Crippen LogP contribution in [0.3, 0.4) is 0 Å². The fourth-order valence-electron chi connectivity index (χ4n) is 13.6. The van der Waals surface area contributed by atoms with Crippen LogP contribution in [-0.4, -0.2) is 0 Å². The molecule has 0 bridgehead atoms. The van der Waals surface area contributed by atoms with Crippen molar-refractivity contribution >= 4 is 53.9 Å². The minimum absolute atomic E-state index is 1.20. The first-order valence-corrected chi connectivity index (χ1v) is 27.8. The summed E-state index contributed by atoms with van der Waals surface area (Å²) in [6, 6.07) is 113. The van der Waals surface area contributed by atoms with Gasteiger partial charge in [0.2, 0.25) is 0 Å². The molecule has 0 aliphatic carbocycles. The molecule has 80 heavy (non-hydrogen) atoms. The summed E-state index contributed by atoms with van der Waals surface area (Å²) in [5, 5.41) is 12.8. The van der Waals surface area contributed by atoms with Gasteiger partial charge in [-0.15, -0.1) is 0 Å². The molecule has 0 radical (unpaired) electrons. The van der Waals surface area contributed by atoms with Gasteiger partial charge in [-0.3, -0.25) is 0 Å². The lowest BCUT2D eigenvalue weighted by Crippen LogP contribution is -1.93. The smallest absolute Gasteiger partial charge is 0.000695 e. The fourth-order valence-corrected chi connectivity index (χ4v) is 13.6. The van der Waals surface area contributed by atoms with Crippen LogP contribution in [-0.2, 0) is 0 Å². The van der Waals surface area contributed by atoms with E-state index in [0.29, 0.717) is 0 Å². The Morgan fingerprint density at radius 2 is 0.250 bits per heavy atom. The topological polar surface area (TPSA) is 0 Å². The predicted octanol–water partition coefficient (Wildman–Crippen LogP) is 22.4. The second kappa shape index (κ2) is 18.7. The molecule has 0 nitrogen and oxygen atoms in total. The van der Waals surface area contributed by atoms with Gasteiger partial charge in [0.25, 0.3) is 0 Å². The summed E-state index contributed by atoms with van der Waals surface area (Å²) in [5.74, 6) is 0. The van der Waals surface area contributed by atoms with Gasteiger partial charge in [-0.1, -0.05) is 273 Å². The van der Waals surface area contributed by atoms with Crippen LogP contribution < -0.4 is 0 Å². The van der Waals surface area contributed by atoms with Gasteiger partial charge in [0.05, 0.1) is 0 Å². The summed E-state index contributed by atoms with van der Waals surface area (Å²) in [7, 11) is 0. The summed E-state index contributed by atoms with van der Waals surface area (Å²) in [6.07, 6.45) is 0. The molecule has 0 amide bonds. The van der Waals surface area contributed by atoms with E-state index in [0.717, 1.165) is 0 Å². The first-order chi connectivity index (χ1) is 39.7. The first kappa shape index (κ1) is 45.8.